The molecule has 0 aliphatic heterocycles. The molecule has 14 heavy (non-hydrogen) atoms. The highest BCUT2D eigenvalue weighted by Crippen LogP contribution is 2.16. The molecule has 0 spiro atoms. The summed E-state index contributed by atoms with van der Waals surface area (Å²) in [6, 6.07) is 11.5. The second kappa shape index (κ2) is 3.46. The zero-order valence-corrected chi connectivity index (χ0v) is 7.82. The third-order valence-corrected chi connectivity index (χ3v) is 2.03. The van der Waals surface area contributed by atoms with Gasteiger partial charge in [0.2, 0.25) is 0 Å². The minimum Gasteiger partial charge on any atom is -0.293 e. The number of ketones is 1. The molecule has 2 aromatic rings. The predicted molar refractivity (Wildman–Crippen MR) is 54.0 cm³/mol. The summed E-state index contributed by atoms with van der Waals surface area (Å²) in [5.74, 6) is -0.000295. The number of hydrogen-bond acceptors (Lipinski definition) is 2. The highest BCUT2D eigenvalue weighted by atomic mass is 16.1. The summed E-state index contributed by atoms with van der Waals surface area (Å²) < 4.78 is 0. The fourth-order valence-electron chi connectivity index (χ4n) is 1.26. The number of nitrogens with one attached hydrogen (secondary N) is 1. The molecule has 1 N–H and O–H groups in total. The van der Waals surface area contributed by atoms with Gasteiger partial charge >= 0.3 is 0 Å². The van der Waals surface area contributed by atoms with Crippen molar-refractivity contribution in [2.45, 2.75) is 6.92 Å². The van der Waals surface area contributed by atoms with Crippen LogP contribution in [0.4, 0.5) is 0 Å². The Kier molecular flexibility index (Phi) is 2.14. The van der Waals surface area contributed by atoms with Gasteiger partial charge in [0, 0.05) is 12.5 Å². The molecule has 0 atom stereocenters. The lowest BCUT2D eigenvalue weighted by molar-refractivity contribution is 0.101. The van der Waals surface area contributed by atoms with Crippen molar-refractivity contribution in [1.82, 2.24) is 10.2 Å². The monoisotopic (exact) mass is 186 g/mol. The third kappa shape index (κ3) is 1.57. The number of nitrogens with zero attached hydrogens (tertiary/aromatic N) is 1. The molecule has 1 aromatic heterocycles. The normalized spacial score (nSPS) is 10.1. The van der Waals surface area contributed by atoms with Gasteiger partial charge in [-0.05, 0) is 6.07 Å². The van der Waals surface area contributed by atoms with Gasteiger partial charge in [-0.1, -0.05) is 30.3 Å². The Hall–Kier alpha value is -1.90. The molecule has 2 rings (SSSR count). The summed E-state index contributed by atoms with van der Waals surface area (Å²) in [4.78, 5) is 11.0. The molecule has 0 radical (unpaired) electrons. The third-order valence-electron chi connectivity index (χ3n) is 2.03. The Morgan fingerprint density at radius 1 is 1.29 bits per heavy atom. The molecule has 3 heteroatoms. The Bertz CT molecular complexity index is 445. The summed E-state index contributed by atoms with van der Waals surface area (Å²) in [6.07, 6.45) is 0. The molecule has 70 valence electrons. The summed E-state index contributed by atoms with van der Waals surface area (Å²) in [5.41, 5.74) is 2.36. The van der Waals surface area contributed by atoms with Crippen molar-refractivity contribution in [2.75, 3.05) is 0 Å². The number of carbonyl (C=O) groups excluding carboxylic acids is 1. The minimum absolute atomic E-state index is 0.000295. The first-order valence-electron chi connectivity index (χ1n) is 4.39. The molecule has 0 aliphatic carbocycles. The zero-order chi connectivity index (χ0) is 9.97. The molecule has 0 aliphatic rings. The number of rotatable bonds is 2. The van der Waals surface area contributed by atoms with Crippen LogP contribution in [0.5, 0.6) is 0 Å². The van der Waals surface area contributed by atoms with Crippen LogP contribution < -0.4 is 0 Å². The molecule has 0 saturated heterocycles. The summed E-state index contributed by atoms with van der Waals surface area (Å²) in [7, 11) is 0. The van der Waals surface area contributed by atoms with E-state index in [0.29, 0.717) is 5.69 Å². The van der Waals surface area contributed by atoms with Crippen molar-refractivity contribution < 1.29 is 4.79 Å². The van der Waals surface area contributed by atoms with E-state index < -0.39 is 0 Å². The Morgan fingerprint density at radius 2 is 2.00 bits per heavy atom. The van der Waals surface area contributed by atoms with Crippen molar-refractivity contribution in [1.29, 1.82) is 0 Å². The molecular weight excluding hydrogens is 176 g/mol. The molecule has 1 aromatic carbocycles. The average Bonchev–Trinajstić information content (AvgIpc) is 2.68. The second-order valence-electron chi connectivity index (χ2n) is 3.09. The largest absolute Gasteiger partial charge is 0.293 e. The molecule has 0 bridgehead atoms. The first-order chi connectivity index (χ1) is 6.77. The first kappa shape index (κ1) is 8.69. The average molecular weight is 186 g/mol. The van der Waals surface area contributed by atoms with Crippen LogP contribution in [0.15, 0.2) is 36.4 Å². The first-order valence-corrected chi connectivity index (χ1v) is 4.39. The van der Waals surface area contributed by atoms with Crippen LogP contribution in [-0.2, 0) is 0 Å². The Labute approximate surface area is 81.8 Å². The molecule has 0 fully saturated rings. The van der Waals surface area contributed by atoms with Crippen molar-refractivity contribution in [3.8, 4) is 11.3 Å². The Balaban J connectivity index is 2.39. The van der Waals surface area contributed by atoms with Crippen LogP contribution in [0.2, 0.25) is 0 Å². The summed E-state index contributed by atoms with van der Waals surface area (Å²) in [6.45, 7) is 1.52. The minimum atomic E-state index is -0.000295. The van der Waals surface area contributed by atoms with Gasteiger partial charge in [-0.3, -0.25) is 9.89 Å². The predicted octanol–water partition coefficient (Wildman–Crippen LogP) is 2.28. The van der Waals surface area contributed by atoms with Gasteiger partial charge in [0.1, 0.15) is 5.69 Å². The van der Waals surface area contributed by atoms with E-state index in [2.05, 4.69) is 10.2 Å². The van der Waals surface area contributed by atoms with Crippen molar-refractivity contribution in [3.63, 3.8) is 0 Å². The maximum Gasteiger partial charge on any atom is 0.177 e. The number of aromatic amines is 1. The van der Waals surface area contributed by atoms with E-state index in [1.54, 1.807) is 6.07 Å². The standard InChI is InChI=1S/C11H10N2O/c1-8(14)10-7-11(13-12-10)9-5-3-2-4-6-9/h2-7H,1H3,(H,12,13). The topological polar surface area (TPSA) is 45.8 Å². The van der Waals surface area contributed by atoms with E-state index >= 15 is 0 Å². The quantitative estimate of drug-likeness (QED) is 0.731. The van der Waals surface area contributed by atoms with Gasteiger partial charge in [-0.2, -0.15) is 5.10 Å². The number of carbonyl (C=O) groups is 1. The molecule has 0 unspecified atom stereocenters. The van der Waals surface area contributed by atoms with E-state index in [-0.39, 0.29) is 5.78 Å². The van der Waals surface area contributed by atoms with Crippen molar-refractivity contribution in [3.05, 3.63) is 42.1 Å². The van der Waals surface area contributed by atoms with Gasteiger partial charge in [-0.25, -0.2) is 0 Å². The van der Waals surface area contributed by atoms with Gasteiger partial charge in [0.25, 0.3) is 0 Å². The van der Waals surface area contributed by atoms with Crippen molar-refractivity contribution >= 4 is 5.78 Å². The molecule has 3 nitrogen and oxygen atoms in total. The van der Waals surface area contributed by atoms with E-state index in [4.69, 9.17) is 0 Å². The fraction of sp³-hybridized carbons (Fsp3) is 0.0909. The lowest BCUT2D eigenvalue weighted by Crippen LogP contribution is -1.90. The number of aromatic nitrogens is 2. The lowest BCUT2D eigenvalue weighted by atomic mass is 10.1. The van der Waals surface area contributed by atoms with Gasteiger partial charge in [-0.15, -0.1) is 0 Å². The van der Waals surface area contributed by atoms with Crippen molar-refractivity contribution in [2.24, 2.45) is 0 Å². The van der Waals surface area contributed by atoms with Crippen LogP contribution in [0.25, 0.3) is 11.3 Å². The lowest BCUT2D eigenvalue weighted by Gasteiger charge is -1.92. The van der Waals surface area contributed by atoms with Crippen LogP contribution in [0.3, 0.4) is 0 Å². The maximum absolute atomic E-state index is 11.0. The van der Waals surface area contributed by atoms with Crippen LogP contribution in [0.1, 0.15) is 17.4 Å². The molecule has 0 saturated carbocycles. The highest BCUT2D eigenvalue weighted by molar-refractivity contribution is 5.93. The highest BCUT2D eigenvalue weighted by Gasteiger charge is 2.05. The smallest absolute Gasteiger partial charge is 0.177 e. The van der Waals surface area contributed by atoms with E-state index in [0.717, 1.165) is 11.3 Å². The molecule has 1 heterocycles. The van der Waals surface area contributed by atoms with Crippen LogP contribution in [0, 0.1) is 0 Å². The van der Waals surface area contributed by atoms with Gasteiger partial charge < -0.3 is 0 Å². The van der Waals surface area contributed by atoms with E-state index in [1.807, 2.05) is 30.3 Å². The van der Waals surface area contributed by atoms with Crippen LogP contribution >= 0.6 is 0 Å². The summed E-state index contributed by atoms with van der Waals surface area (Å²) in [5, 5.41) is 6.77. The van der Waals surface area contributed by atoms with Gasteiger partial charge in [0.15, 0.2) is 5.78 Å². The molecular formula is C11H10N2O. The number of hydrogen-bond donors (Lipinski definition) is 1. The number of benzene rings is 1. The number of H-pyrrole nitrogens is 1. The van der Waals surface area contributed by atoms with Gasteiger partial charge in [0.05, 0.1) is 5.69 Å². The fourth-order valence-corrected chi connectivity index (χ4v) is 1.26. The van der Waals surface area contributed by atoms with E-state index in [1.165, 1.54) is 6.92 Å². The molecule has 0 amide bonds. The SMILES string of the molecule is CC(=O)c1cc(-c2ccccc2)n[nH]1. The van der Waals surface area contributed by atoms with E-state index in [9.17, 15) is 4.79 Å². The second-order valence-corrected chi connectivity index (χ2v) is 3.09. The zero-order valence-electron chi connectivity index (χ0n) is 7.82. The van der Waals surface area contributed by atoms with Crippen LogP contribution in [-0.4, -0.2) is 16.0 Å². The summed E-state index contributed by atoms with van der Waals surface area (Å²) >= 11 is 0. The maximum atomic E-state index is 11.0. The Morgan fingerprint density at radius 3 is 2.57 bits per heavy atom. The number of Topliss-reactive ketones (excluding diaryl/α,β-unsaturated/α-hetero) is 1.